The minimum Gasteiger partial charge on any atom is -0.339 e. The Hall–Kier alpha value is -3.51. The Balaban J connectivity index is 1.07. The van der Waals surface area contributed by atoms with Crippen molar-refractivity contribution in [1.82, 2.24) is 24.3 Å². The van der Waals surface area contributed by atoms with Crippen LogP contribution < -0.4 is 0 Å². The van der Waals surface area contributed by atoms with Gasteiger partial charge in [-0.2, -0.15) is 0 Å². The zero-order valence-corrected chi connectivity index (χ0v) is 24.4. The summed E-state index contributed by atoms with van der Waals surface area (Å²) >= 11 is 0. The molecule has 3 saturated heterocycles. The van der Waals surface area contributed by atoms with E-state index in [4.69, 9.17) is 4.98 Å². The van der Waals surface area contributed by atoms with E-state index in [0.717, 1.165) is 61.5 Å². The summed E-state index contributed by atoms with van der Waals surface area (Å²) in [7, 11) is 0. The SMILES string of the molecule is Cc1ncccc1C(=O)N1CCC(CCN2[C@@H]3CC[C@H]2C[C@@H](n2c(C)nc4ccccc42)C3)(c2ccccc2)CC1. The summed E-state index contributed by atoms with van der Waals surface area (Å²) in [5, 5.41) is 0. The highest BCUT2D eigenvalue weighted by Crippen LogP contribution is 2.45. The summed E-state index contributed by atoms with van der Waals surface area (Å²) in [5.41, 5.74) is 5.50. The van der Waals surface area contributed by atoms with Gasteiger partial charge in [0.1, 0.15) is 5.82 Å². The van der Waals surface area contributed by atoms with Crippen LogP contribution in [0, 0.1) is 13.8 Å². The molecule has 0 aliphatic carbocycles. The van der Waals surface area contributed by atoms with Gasteiger partial charge in [0.2, 0.25) is 0 Å². The van der Waals surface area contributed by atoms with Crippen LogP contribution in [0.25, 0.3) is 11.0 Å². The van der Waals surface area contributed by atoms with E-state index >= 15 is 0 Å². The van der Waals surface area contributed by atoms with Gasteiger partial charge in [0.05, 0.1) is 16.6 Å². The first-order valence-electron chi connectivity index (χ1n) is 15.5. The molecule has 41 heavy (non-hydrogen) atoms. The number of hydrogen-bond donors (Lipinski definition) is 0. The number of rotatable bonds is 6. The van der Waals surface area contributed by atoms with Crippen molar-refractivity contribution in [2.75, 3.05) is 19.6 Å². The zero-order chi connectivity index (χ0) is 28.0. The maximum atomic E-state index is 13.4. The smallest absolute Gasteiger partial charge is 0.255 e. The average Bonchev–Trinajstić information content (AvgIpc) is 3.47. The van der Waals surface area contributed by atoms with Gasteiger partial charge in [0.15, 0.2) is 0 Å². The zero-order valence-electron chi connectivity index (χ0n) is 24.4. The molecule has 0 radical (unpaired) electrons. The second-order valence-electron chi connectivity index (χ2n) is 12.6. The lowest BCUT2D eigenvalue weighted by atomic mass is 9.70. The van der Waals surface area contributed by atoms with Gasteiger partial charge in [-0.1, -0.05) is 42.5 Å². The van der Waals surface area contributed by atoms with Crippen LogP contribution in [0.4, 0.5) is 0 Å². The number of carbonyl (C=O) groups excluding carboxylic acids is 1. The molecular formula is C35H41N5O. The highest BCUT2D eigenvalue weighted by molar-refractivity contribution is 5.95. The Labute approximate surface area is 243 Å². The number of benzene rings is 2. The molecule has 3 aliphatic heterocycles. The number of aryl methyl sites for hydroxylation is 2. The van der Waals surface area contributed by atoms with E-state index in [2.05, 4.69) is 80.9 Å². The lowest BCUT2D eigenvalue weighted by Crippen LogP contribution is -2.49. The van der Waals surface area contributed by atoms with Gasteiger partial charge in [0, 0.05) is 43.1 Å². The number of carbonyl (C=O) groups is 1. The molecule has 2 bridgehead atoms. The van der Waals surface area contributed by atoms with Crippen molar-refractivity contribution in [2.45, 2.75) is 82.3 Å². The summed E-state index contributed by atoms with van der Waals surface area (Å²) in [6, 6.07) is 25.3. The number of imidazole rings is 1. The molecule has 0 N–H and O–H groups in total. The molecule has 0 saturated carbocycles. The molecule has 2 aromatic carbocycles. The third-order valence-electron chi connectivity index (χ3n) is 10.5. The normalized spacial score (nSPS) is 24.1. The fraction of sp³-hybridized carbons (Fsp3) is 0.457. The van der Waals surface area contributed by atoms with E-state index in [1.807, 2.05) is 19.1 Å². The maximum absolute atomic E-state index is 13.4. The van der Waals surface area contributed by atoms with Crippen LogP contribution in [-0.4, -0.2) is 62.0 Å². The molecule has 5 heterocycles. The van der Waals surface area contributed by atoms with E-state index in [0.29, 0.717) is 18.1 Å². The van der Waals surface area contributed by atoms with Gasteiger partial charge in [-0.25, -0.2) is 4.98 Å². The largest absolute Gasteiger partial charge is 0.339 e. The number of pyridine rings is 1. The molecule has 0 spiro atoms. The summed E-state index contributed by atoms with van der Waals surface area (Å²) in [6.45, 7) is 6.83. The summed E-state index contributed by atoms with van der Waals surface area (Å²) in [4.78, 5) is 27.5. The summed E-state index contributed by atoms with van der Waals surface area (Å²) in [5.74, 6) is 1.27. The number of para-hydroxylation sites is 2. The fourth-order valence-corrected chi connectivity index (χ4v) is 8.28. The van der Waals surface area contributed by atoms with E-state index in [1.54, 1.807) is 6.20 Å². The van der Waals surface area contributed by atoms with Crippen molar-refractivity contribution in [3.63, 3.8) is 0 Å². The number of amides is 1. The van der Waals surface area contributed by atoms with Gasteiger partial charge >= 0.3 is 0 Å². The molecule has 212 valence electrons. The molecule has 3 fully saturated rings. The minimum absolute atomic E-state index is 0.107. The van der Waals surface area contributed by atoms with Crippen LogP contribution in [0.5, 0.6) is 0 Å². The topological polar surface area (TPSA) is 54.3 Å². The van der Waals surface area contributed by atoms with E-state index in [9.17, 15) is 4.79 Å². The molecule has 3 atom stereocenters. The monoisotopic (exact) mass is 547 g/mol. The van der Waals surface area contributed by atoms with Crippen LogP contribution >= 0.6 is 0 Å². The van der Waals surface area contributed by atoms with Crippen LogP contribution in [0.1, 0.15) is 78.4 Å². The number of hydrogen-bond acceptors (Lipinski definition) is 4. The number of piperidine rings is 2. The Kier molecular flexibility index (Phi) is 6.90. The molecule has 3 aliphatic rings. The highest BCUT2D eigenvalue weighted by Gasteiger charge is 2.44. The van der Waals surface area contributed by atoms with Crippen LogP contribution in [0.2, 0.25) is 0 Å². The van der Waals surface area contributed by atoms with E-state index in [-0.39, 0.29) is 11.3 Å². The Morgan fingerprint density at radius 1 is 0.878 bits per heavy atom. The first-order chi connectivity index (χ1) is 20.0. The summed E-state index contributed by atoms with van der Waals surface area (Å²) < 4.78 is 2.53. The first kappa shape index (κ1) is 26.4. The van der Waals surface area contributed by atoms with Gasteiger partial charge in [-0.3, -0.25) is 14.7 Å². The molecule has 4 aromatic rings. The van der Waals surface area contributed by atoms with Gasteiger partial charge < -0.3 is 9.47 Å². The number of fused-ring (bicyclic) bond motifs is 3. The van der Waals surface area contributed by atoms with Crippen molar-refractivity contribution in [1.29, 1.82) is 0 Å². The van der Waals surface area contributed by atoms with Gasteiger partial charge in [0.25, 0.3) is 5.91 Å². The van der Waals surface area contributed by atoms with E-state index < -0.39 is 0 Å². The highest BCUT2D eigenvalue weighted by atomic mass is 16.2. The number of aromatic nitrogens is 3. The fourth-order valence-electron chi connectivity index (χ4n) is 8.28. The predicted molar refractivity (Wildman–Crippen MR) is 163 cm³/mol. The molecular weight excluding hydrogens is 506 g/mol. The van der Waals surface area contributed by atoms with Crippen LogP contribution in [-0.2, 0) is 5.41 Å². The lowest BCUT2D eigenvalue weighted by Gasteiger charge is -2.45. The number of nitrogens with zero attached hydrogens (tertiary/aromatic N) is 5. The maximum Gasteiger partial charge on any atom is 0.255 e. The Morgan fingerprint density at radius 2 is 1.59 bits per heavy atom. The molecule has 0 unspecified atom stereocenters. The molecule has 7 rings (SSSR count). The molecule has 6 heteroatoms. The standard InChI is InChI=1S/C35H41N5O/c1-25-31(11-8-19-36-25)34(41)38-20-16-35(17-21-38,27-9-4-3-5-10-27)18-22-39-28-14-15-29(39)24-30(23-28)40-26(2)37-32-12-6-7-13-33(32)40/h3-13,19,28-30H,14-18,20-24H2,1-2H3/t28-,29+,30+. The van der Waals surface area contributed by atoms with Crippen molar-refractivity contribution in [2.24, 2.45) is 0 Å². The van der Waals surface area contributed by atoms with Gasteiger partial charge in [-0.05, 0) is 101 Å². The minimum atomic E-state index is 0.107. The number of likely N-dealkylation sites (tertiary alicyclic amines) is 1. The van der Waals surface area contributed by atoms with Gasteiger partial charge in [-0.15, -0.1) is 0 Å². The second kappa shape index (κ2) is 10.7. The third kappa shape index (κ3) is 4.76. The van der Waals surface area contributed by atoms with Crippen molar-refractivity contribution >= 4 is 16.9 Å². The first-order valence-corrected chi connectivity index (χ1v) is 15.5. The third-order valence-corrected chi connectivity index (χ3v) is 10.5. The van der Waals surface area contributed by atoms with Crippen LogP contribution in [0.15, 0.2) is 72.9 Å². The average molecular weight is 548 g/mol. The van der Waals surface area contributed by atoms with Crippen molar-refractivity contribution in [3.05, 3.63) is 95.6 Å². The molecule has 6 nitrogen and oxygen atoms in total. The summed E-state index contributed by atoms with van der Waals surface area (Å²) in [6.07, 6.45) is 9.96. The van der Waals surface area contributed by atoms with Crippen molar-refractivity contribution < 1.29 is 4.79 Å². The molecule has 2 aromatic heterocycles. The predicted octanol–water partition coefficient (Wildman–Crippen LogP) is 6.48. The quantitative estimate of drug-likeness (QED) is 0.277. The van der Waals surface area contributed by atoms with Crippen LogP contribution in [0.3, 0.4) is 0 Å². The van der Waals surface area contributed by atoms with E-state index in [1.165, 1.54) is 36.8 Å². The Bertz CT molecular complexity index is 1520. The second-order valence-corrected chi connectivity index (χ2v) is 12.6. The van der Waals surface area contributed by atoms with Crippen molar-refractivity contribution in [3.8, 4) is 0 Å². The molecule has 1 amide bonds. The lowest BCUT2D eigenvalue weighted by molar-refractivity contribution is 0.0606. The Morgan fingerprint density at radius 3 is 2.32 bits per heavy atom.